The predicted molar refractivity (Wildman–Crippen MR) is 126 cm³/mol. The van der Waals surface area contributed by atoms with Crippen LogP contribution in [0.2, 0.25) is 10.0 Å². The van der Waals surface area contributed by atoms with Crippen LogP contribution in [0.4, 0.5) is 13.2 Å². The Hall–Kier alpha value is -3.20. The van der Waals surface area contributed by atoms with Crippen LogP contribution >= 0.6 is 23.2 Å². The number of aromatic nitrogens is 2. The van der Waals surface area contributed by atoms with E-state index in [1.54, 1.807) is 30.3 Å². The number of carbonyl (C=O) groups excluding carboxylic acids is 2. The molecule has 0 saturated carbocycles. The number of benzene rings is 2. The van der Waals surface area contributed by atoms with Crippen molar-refractivity contribution in [2.24, 2.45) is 7.05 Å². The second-order valence-corrected chi connectivity index (χ2v) is 8.72. The van der Waals surface area contributed by atoms with Gasteiger partial charge in [-0.15, -0.1) is 0 Å². The van der Waals surface area contributed by atoms with E-state index in [1.165, 1.54) is 36.7 Å². The van der Waals surface area contributed by atoms with Crippen LogP contribution in [0.25, 0.3) is 11.0 Å². The van der Waals surface area contributed by atoms with Crippen LogP contribution in [0, 0.1) is 6.92 Å². The molecule has 5 nitrogen and oxygen atoms in total. The van der Waals surface area contributed by atoms with Crippen LogP contribution in [0.1, 0.15) is 49.3 Å². The van der Waals surface area contributed by atoms with Gasteiger partial charge in [0, 0.05) is 18.0 Å². The van der Waals surface area contributed by atoms with Crippen molar-refractivity contribution >= 4 is 45.8 Å². The summed E-state index contributed by atoms with van der Waals surface area (Å²) in [6.45, 7) is 1.48. The summed E-state index contributed by atoms with van der Waals surface area (Å²) in [4.78, 5) is 30.1. The first-order chi connectivity index (χ1) is 16.4. The summed E-state index contributed by atoms with van der Waals surface area (Å²) in [6.07, 6.45) is -6.18. The third-order valence-corrected chi connectivity index (χ3v) is 6.38. The molecule has 4 aromatic rings. The van der Waals surface area contributed by atoms with Gasteiger partial charge in [0.25, 0.3) is 0 Å². The predicted octanol–water partition coefficient (Wildman–Crippen LogP) is 6.35. The Balaban J connectivity index is 1.81. The van der Waals surface area contributed by atoms with Gasteiger partial charge in [-0.2, -0.15) is 13.2 Å². The van der Waals surface area contributed by atoms with E-state index in [0.29, 0.717) is 10.9 Å². The number of nitrogens with zero attached hydrogens (tertiary/aromatic N) is 2. The number of Topliss-reactive ketones (excluding diaryl/α,β-unsaturated/α-hetero) is 1. The van der Waals surface area contributed by atoms with Crippen LogP contribution in [0.5, 0.6) is 0 Å². The molecular formula is C25H17Cl2F3N2O3. The first kappa shape index (κ1) is 24.9. The van der Waals surface area contributed by atoms with Crippen molar-refractivity contribution in [3.63, 3.8) is 0 Å². The standard InChI is InChI=1S/C25H17Cl2F3N2O3/c1-12-10-18(25(28,29)30)31-24-15(12)11-17(32(24)2)23(35)19-16(26)9-8-14(20(19)27)22(34)21(33)13-6-4-3-5-7-13/h3-11,21,33H,1-2H3. The lowest BCUT2D eigenvalue weighted by atomic mass is 9.96. The van der Waals surface area contributed by atoms with Crippen molar-refractivity contribution in [1.82, 2.24) is 9.55 Å². The van der Waals surface area contributed by atoms with E-state index in [4.69, 9.17) is 23.2 Å². The number of aliphatic hydroxyl groups excluding tert-OH is 1. The molecule has 0 aliphatic heterocycles. The van der Waals surface area contributed by atoms with Crippen LogP contribution in [-0.2, 0) is 13.2 Å². The highest BCUT2D eigenvalue weighted by Crippen LogP contribution is 2.35. The Bertz CT molecular complexity index is 1480. The van der Waals surface area contributed by atoms with Gasteiger partial charge in [0.1, 0.15) is 17.4 Å². The maximum Gasteiger partial charge on any atom is 0.433 e. The zero-order chi connectivity index (χ0) is 25.7. The molecule has 0 fully saturated rings. The lowest BCUT2D eigenvalue weighted by Gasteiger charge is -2.14. The zero-order valence-corrected chi connectivity index (χ0v) is 19.8. The number of alkyl halides is 3. The molecule has 0 bridgehead atoms. The van der Waals surface area contributed by atoms with Gasteiger partial charge in [0.15, 0.2) is 5.78 Å². The summed E-state index contributed by atoms with van der Waals surface area (Å²) in [5.74, 6) is -1.45. The highest BCUT2D eigenvalue weighted by atomic mass is 35.5. The molecule has 0 radical (unpaired) electrons. The van der Waals surface area contributed by atoms with E-state index in [2.05, 4.69) is 4.98 Å². The number of fused-ring (bicyclic) bond motifs is 1. The molecule has 1 N–H and O–H groups in total. The molecule has 0 saturated heterocycles. The van der Waals surface area contributed by atoms with Crippen molar-refractivity contribution in [2.45, 2.75) is 19.2 Å². The first-order valence-corrected chi connectivity index (χ1v) is 11.0. The average molecular weight is 521 g/mol. The molecule has 4 rings (SSSR count). The second-order valence-electron chi connectivity index (χ2n) is 7.94. The van der Waals surface area contributed by atoms with Gasteiger partial charge in [0.2, 0.25) is 5.78 Å². The normalized spacial score (nSPS) is 12.7. The number of rotatable bonds is 5. The molecule has 1 atom stereocenters. The number of aryl methyl sites for hydroxylation is 2. The van der Waals surface area contributed by atoms with Crippen molar-refractivity contribution in [1.29, 1.82) is 0 Å². The van der Waals surface area contributed by atoms with Gasteiger partial charge in [0.05, 0.1) is 21.3 Å². The Morgan fingerprint density at radius 3 is 2.34 bits per heavy atom. The summed E-state index contributed by atoms with van der Waals surface area (Å²) >= 11 is 12.7. The quantitative estimate of drug-likeness (QED) is 0.311. The molecule has 0 amide bonds. The largest absolute Gasteiger partial charge is 0.433 e. The molecule has 2 aromatic carbocycles. The van der Waals surface area contributed by atoms with E-state index in [1.807, 2.05) is 0 Å². The van der Waals surface area contributed by atoms with Gasteiger partial charge < -0.3 is 9.67 Å². The molecular weight excluding hydrogens is 504 g/mol. The third-order valence-electron chi connectivity index (χ3n) is 5.68. The van der Waals surface area contributed by atoms with E-state index >= 15 is 0 Å². The summed E-state index contributed by atoms with van der Waals surface area (Å²) < 4.78 is 41.0. The number of pyridine rings is 1. The van der Waals surface area contributed by atoms with Crippen LogP contribution in [0.3, 0.4) is 0 Å². The summed E-state index contributed by atoms with van der Waals surface area (Å²) in [7, 11) is 1.40. The Labute approximate surface area is 207 Å². The van der Waals surface area contributed by atoms with E-state index in [-0.39, 0.29) is 38.1 Å². The number of halogens is 5. The SMILES string of the molecule is Cc1cc(C(F)(F)F)nc2c1cc(C(=O)c1c(Cl)ccc(C(=O)C(O)c3ccccc3)c1Cl)n2C. The second kappa shape index (κ2) is 9.11. The molecule has 1 unspecified atom stereocenters. The smallest absolute Gasteiger partial charge is 0.380 e. The minimum atomic E-state index is -4.66. The molecule has 2 heterocycles. The van der Waals surface area contributed by atoms with Crippen LogP contribution < -0.4 is 0 Å². The lowest BCUT2D eigenvalue weighted by molar-refractivity contribution is -0.141. The maximum atomic E-state index is 13.5. The number of hydrogen-bond acceptors (Lipinski definition) is 4. The average Bonchev–Trinajstić information content (AvgIpc) is 3.15. The van der Waals surface area contributed by atoms with Gasteiger partial charge >= 0.3 is 6.18 Å². The number of carbonyl (C=O) groups is 2. The highest BCUT2D eigenvalue weighted by Gasteiger charge is 2.34. The van der Waals surface area contributed by atoms with Gasteiger partial charge in [-0.1, -0.05) is 53.5 Å². The minimum Gasteiger partial charge on any atom is -0.380 e. The number of hydrogen-bond donors (Lipinski definition) is 1. The van der Waals surface area contributed by atoms with Crippen molar-refractivity contribution in [3.05, 3.63) is 98.3 Å². The topological polar surface area (TPSA) is 72.2 Å². The van der Waals surface area contributed by atoms with Gasteiger partial charge in [-0.05, 0) is 42.3 Å². The van der Waals surface area contributed by atoms with Crippen molar-refractivity contribution < 1.29 is 27.9 Å². The molecule has 10 heteroatoms. The van der Waals surface area contributed by atoms with E-state index in [0.717, 1.165) is 6.07 Å². The Morgan fingerprint density at radius 1 is 1.06 bits per heavy atom. The molecule has 180 valence electrons. The minimum absolute atomic E-state index is 0.0214. The fourth-order valence-corrected chi connectivity index (χ4v) is 4.46. The van der Waals surface area contributed by atoms with E-state index < -0.39 is 29.5 Å². The molecule has 0 spiro atoms. The summed E-state index contributed by atoms with van der Waals surface area (Å²) in [5, 5.41) is 10.5. The zero-order valence-electron chi connectivity index (χ0n) is 18.3. The van der Waals surface area contributed by atoms with E-state index in [9.17, 15) is 27.9 Å². The third kappa shape index (κ3) is 4.45. The number of aliphatic hydroxyl groups is 1. The van der Waals surface area contributed by atoms with Crippen LogP contribution in [0.15, 0.2) is 54.6 Å². The summed E-state index contributed by atoms with van der Waals surface area (Å²) in [5.41, 5.74) is -0.855. The van der Waals surface area contributed by atoms with Gasteiger partial charge in [-0.3, -0.25) is 9.59 Å². The Kier molecular flexibility index (Phi) is 6.48. The highest BCUT2D eigenvalue weighted by molar-refractivity contribution is 6.43. The lowest BCUT2D eigenvalue weighted by Crippen LogP contribution is -2.15. The first-order valence-electron chi connectivity index (χ1n) is 10.3. The van der Waals surface area contributed by atoms with Gasteiger partial charge in [-0.25, -0.2) is 4.98 Å². The molecule has 2 aromatic heterocycles. The molecule has 0 aliphatic rings. The Morgan fingerprint density at radius 2 is 1.71 bits per heavy atom. The fourth-order valence-electron chi connectivity index (χ4n) is 3.82. The fraction of sp³-hybridized carbons (Fsp3) is 0.160. The van der Waals surface area contributed by atoms with Crippen molar-refractivity contribution in [3.8, 4) is 0 Å². The molecule has 0 aliphatic carbocycles. The van der Waals surface area contributed by atoms with Crippen molar-refractivity contribution in [2.75, 3.05) is 0 Å². The number of ketones is 2. The summed E-state index contributed by atoms with van der Waals surface area (Å²) in [6, 6.07) is 13.1. The molecule has 35 heavy (non-hydrogen) atoms. The maximum absolute atomic E-state index is 13.5. The van der Waals surface area contributed by atoms with Crippen LogP contribution in [-0.4, -0.2) is 26.2 Å². The monoisotopic (exact) mass is 520 g/mol.